The predicted molar refractivity (Wildman–Crippen MR) is 69.8 cm³/mol. The van der Waals surface area contributed by atoms with Crippen LogP contribution in [0.5, 0.6) is 0 Å². The fourth-order valence-electron chi connectivity index (χ4n) is 2.57. The minimum Gasteiger partial charge on any atom is -0.381 e. The van der Waals surface area contributed by atoms with E-state index < -0.39 is 23.3 Å². The highest BCUT2D eigenvalue weighted by Crippen LogP contribution is 2.30. The van der Waals surface area contributed by atoms with Crippen LogP contribution in [0.15, 0.2) is 18.3 Å². The molecule has 1 amide bonds. The van der Waals surface area contributed by atoms with Gasteiger partial charge in [-0.05, 0) is 37.8 Å². The van der Waals surface area contributed by atoms with Gasteiger partial charge in [-0.1, -0.05) is 0 Å². The second kappa shape index (κ2) is 6.43. The molecule has 116 valence electrons. The maximum Gasteiger partial charge on any atom is 0.434 e. The van der Waals surface area contributed by atoms with Crippen LogP contribution in [-0.2, 0) is 10.9 Å². The Labute approximate surface area is 120 Å². The Kier molecular flexibility index (Phi) is 4.82. The predicted octanol–water partition coefficient (Wildman–Crippen LogP) is 2.79. The number of halogens is 3. The second-order valence-corrected chi connectivity index (χ2v) is 5.09. The van der Waals surface area contributed by atoms with Crippen molar-refractivity contribution in [2.75, 3.05) is 7.11 Å². The number of rotatable bonds is 3. The third kappa shape index (κ3) is 3.93. The Hall–Kier alpha value is -1.63. The van der Waals surface area contributed by atoms with Gasteiger partial charge in [-0.15, -0.1) is 0 Å². The van der Waals surface area contributed by atoms with Gasteiger partial charge in [0.15, 0.2) is 5.69 Å². The lowest BCUT2D eigenvalue weighted by Crippen LogP contribution is -2.41. The van der Waals surface area contributed by atoms with E-state index in [2.05, 4.69) is 10.3 Å². The molecule has 2 atom stereocenters. The molecule has 0 bridgehead atoms. The summed E-state index contributed by atoms with van der Waals surface area (Å²) in [6, 6.07) is 2.29. The molecule has 4 nitrogen and oxygen atoms in total. The van der Waals surface area contributed by atoms with Crippen LogP contribution in [0.2, 0.25) is 0 Å². The zero-order valence-corrected chi connectivity index (χ0v) is 11.6. The zero-order chi connectivity index (χ0) is 15.5. The van der Waals surface area contributed by atoms with Gasteiger partial charge in [0.05, 0.1) is 11.7 Å². The van der Waals surface area contributed by atoms with Gasteiger partial charge >= 0.3 is 6.18 Å². The highest BCUT2D eigenvalue weighted by atomic mass is 19.4. The molecule has 0 aromatic carbocycles. The lowest BCUT2D eigenvalue weighted by Gasteiger charge is -2.29. The number of carbonyl (C=O) groups excluding carboxylic acids is 1. The molecule has 1 fully saturated rings. The SMILES string of the molecule is CO[C@H]1CCC[C@@H](NC(=O)c2cccnc2C(F)(F)F)C1. The van der Waals surface area contributed by atoms with E-state index in [1.165, 1.54) is 6.07 Å². The van der Waals surface area contributed by atoms with Gasteiger partial charge < -0.3 is 10.1 Å². The molecule has 0 unspecified atom stereocenters. The number of hydrogen-bond donors (Lipinski definition) is 1. The number of pyridine rings is 1. The Morgan fingerprint density at radius 3 is 2.86 bits per heavy atom. The fraction of sp³-hybridized carbons (Fsp3) is 0.571. The first kappa shape index (κ1) is 15.8. The van der Waals surface area contributed by atoms with Crippen molar-refractivity contribution in [3.8, 4) is 0 Å². The van der Waals surface area contributed by atoms with E-state index in [0.29, 0.717) is 6.42 Å². The van der Waals surface area contributed by atoms with E-state index in [9.17, 15) is 18.0 Å². The molecule has 1 aromatic rings. The monoisotopic (exact) mass is 302 g/mol. The largest absolute Gasteiger partial charge is 0.434 e. The van der Waals surface area contributed by atoms with Gasteiger partial charge in [-0.2, -0.15) is 13.2 Å². The maximum atomic E-state index is 12.8. The van der Waals surface area contributed by atoms with Crippen molar-refractivity contribution in [1.82, 2.24) is 10.3 Å². The number of alkyl halides is 3. The van der Waals surface area contributed by atoms with Crippen LogP contribution < -0.4 is 5.32 Å². The summed E-state index contributed by atoms with van der Waals surface area (Å²) in [5.41, 5.74) is -1.59. The molecule has 0 saturated heterocycles. The summed E-state index contributed by atoms with van der Waals surface area (Å²) >= 11 is 0. The quantitative estimate of drug-likeness (QED) is 0.934. The molecule has 1 aliphatic carbocycles. The van der Waals surface area contributed by atoms with Crippen molar-refractivity contribution < 1.29 is 22.7 Å². The normalized spacial score (nSPS) is 22.9. The van der Waals surface area contributed by atoms with Crippen molar-refractivity contribution in [2.45, 2.75) is 44.0 Å². The topological polar surface area (TPSA) is 51.2 Å². The molecule has 2 rings (SSSR count). The number of ether oxygens (including phenoxy) is 1. The highest BCUT2D eigenvalue weighted by Gasteiger charge is 2.37. The number of aromatic nitrogens is 1. The van der Waals surface area contributed by atoms with Gasteiger partial charge in [0.2, 0.25) is 0 Å². The van der Waals surface area contributed by atoms with E-state index >= 15 is 0 Å². The van der Waals surface area contributed by atoms with E-state index in [1.54, 1.807) is 7.11 Å². The third-order valence-electron chi connectivity index (χ3n) is 3.62. The van der Waals surface area contributed by atoms with E-state index in [1.807, 2.05) is 0 Å². The summed E-state index contributed by atoms with van der Waals surface area (Å²) in [6.07, 6.45) is -0.431. The van der Waals surface area contributed by atoms with E-state index in [-0.39, 0.29) is 12.1 Å². The summed E-state index contributed by atoms with van der Waals surface area (Å²) in [4.78, 5) is 15.4. The Bertz CT molecular complexity index is 505. The highest BCUT2D eigenvalue weighted by molar-refractivity contribution is 5.95. The number of hydrogen-bond acceptors (Lipinski definition) is 3. The van der Waals surface area contributed by atoms with Crippen LogP contribution in [0.25, 0.3) is 0 Å². The Balaban J connectivity index is 2.10. The first-order chi connectivity index (χ1) is 9.91. The molecule has 0 spiro atoms. The van der Waals surface area contributed by atoms with Crippen molar-refractivity contribution in [2.24, 2.45) is 0 Å². The third-order valence-corrected chi connectivity index (χ3v) is 3.62. The average Bonchev–Trinajstić information content (AvgIpc) is 2.46. The molecule has 21 heavy (non-hydrogen) atoms. The molecule has 0 aliphatic heterocycles. The number of carbonyl (C=O) groups is 1. The van der Waals surface area contributed by atoms with E-state index in [4.69, 9.17) is 4.74 Å². The summed E-state index contributed by atoms with van der Waals surface area (Å²) < 4.78 is 43.8. The van der Waals surface area contributed by atoms with Gasteiger partial charge in [0.25, 0.3) is 5.91 Å². The Morgan fingerprint density at radius 1 is 1.43 bits per heavy atom. The summed E-state index contributed by atoms with van der Waals surface area (Å²) in [5.74, 6) is -0.739. The first-order valence-electron chi connectivity index (χ1n) is 6.77. The fourth-order valence-corrected chi connectivity index (χ4v) is 2.57. The smallest absolute Gasteiger partial charge is 0.381 e. The van der Waals surface area contributed by atoms with Crippen LogP contribution in [0.3, 0.4) is 0 Å². The summed E-state index contributed by atoms with van der Waals surface area (Å²) in [5, 5.41) is 2.65. The molecular weight excluding hydrogens is 285 g/mol. The van der Waals surface area contributed by atoms with Gasteiger partial charge in [0.1, 0.15) is 0 Å². The number of methoxy groups -OCH3 is 1. The molecule has 1 heterocycles. The summed E-state index contributed by atoms with van der Waals surface area (Å²) in [6.45, 7) is 0. The van der Waals surface area contributed by atoms with Crippen molar-refractivity contribution >= 4 is 5.91 Å². The number of amides is 1. The molecule has 7 heteroatoms. The minimum atomic E-state index is -4.64. The molecule has 1 aromatic heterocycles. The van der Waals surface area contributed by atoms with Crippen LogP contribution in [-0.4, -0.2) is 30.1 Å². The standard InChI is InChI=1S/C14H17F3N2O2/c1-21-10-5-2-4-9(8-10)19-13(20)11-6-3-7-18-12(11)14(15,16)17/h3,6-7,9-10H,2,4-5,8H2,1H3,(H,19,20)/t9-,10+/m1/s1. The number of nitrogens with zero attached hydrogens (tertiary/aromatic N) is 1. The first-order valence-corrected chi connectivity index (χ1v) is 6.77. The van der Waals surface area contributed by atoms with Gasteiger partial charge in [-0.25, -0.2) is 0 Å². The van der Waals surface area contributed by atoms with Crippen molar-refractivity contribution in [1.29, 1.82) is 0 Å². The van der Waals surface area contributed by atoms with Crippen LogP contribution in [0, 0.1) is 0 Å². The average molecular weight is 302 g/mol. The molecule has 1 aliphatic rings. The second-order valence-electron chi connectivity index (χ2n) is 5.09. The lowest BCUT2D eigenvalue weighted by atomic mass is 9.92. The van der Waals surface area contributed by atoms with Gasteiger partial charge in [0, 0.05) is 19.3 Å². The molecule has 1 saturated carbocycles. The van der Waals surface area contributed by atoms with Crippen molar-refractivity contribution in [3.63, 3.8) is 0 Å². The number of nitrogens with one attached hydrogen (secondary N) is 1. The van der Waals surface area contributed by atoms with Gasteiger partial charge in [-0.3, -0.25) is 9.78 Å². The molecular formula is C14H17F3N2O2. The van der Waals surface area contributed by atoms with E-state index in [0.717, 1.165) is 31.5 Å². The molecule has 1 N–H and O–H groups in total. The lowest BCUT2D eigenvalue weighted by molar-refractivity contribution is -0.141. The maximum absolute atomic E-state index is 12.8. The van der Waals surface area contributed by atoms with Crippen molar-refractivity contribution in [3.05, 3.63) is 29.6 Å². The minimum absolute atomic E-state index is 0.0417. The van der Waals surface area contributed by atoms with Crippen LogP contribution in [0.1, 0.15) is 41.7 Å². The molecule has 0 radical (unpaired) electrons. The van der Waals surface area contributed by atoms with Crippen LogP contribution in [0.4, 0.5) is 13.2 Å². The van der Waals surface area contributed by atoms with Crippen LogP contribution >= 0.6 is 0 Å². The zero-order valence-electron chi connectivity index (χ0n) is 11.6. The Morgan fingerprint density at radius 2 is 2.19 bits per heavy atom. The summed E-state index contributed by atoms with van der Waals surface area (Å²) in [7, 11) is 1.59.